The summed E-state index contributed by atoms with van der Waals surface area (Å²) < 4.78 is 45.6. The minimum atomic E-state index is -4.02. The molecule has 15 nitrogen and oxygen atoms in total. The highest BCUT2D eigenvalue weighted by molar-refractivity contribution is 7.85. The second-order valence-electron chi connectivity index (χ2n) is 11.9. The molecule has 0 unspecified atom stereocenters. The number of amides is 4. The molecule has 3 atom stereocenters. The summed E-state index contributed by atoms with van der Waals surface area (Å²) in [6.07, 6.45) is 3.42. The normalized spacial score (nSPS) is 17.8. The number of anilines is 1. The van der Waals surface area contributed by atoms with E-state index in [1.807, 2.05) is 14.0 Å². The molecule has 0 saturated heterocycles. The maximum atomic E-state index is 13.2. The van der Waals surface area contributed by atoms with Crippen LogP contribution in [0.5, 0.6) is 0 Å². The van der Waals surface area contributed by atoms with Gasteiger partial charge in [-0.2, -0.15) is 8.42 Å². The number of hydrogen-bond acceptors (Lipinski definition) is 10. The number of halogens is 4. The van der Waals surface area contributed by atoms with Gasteiger partial charge in [0.15, 0.2) is 5.01 Å². The van der Waals surface area contributed by atoms with Crippen molar-refractivity contribution in [2.75, 3.05) is 33.0 Å². The van der Waals surface area contributed by atoms with Gasteiger partial charge in [-0.1, -0.05) is 29.3 Å². The van der Waals surface area contributed by atoms with Gasteiger partial charge in [-0.25, -0.2) is 9.97 Å². The van der Waals surface area contributed by atoms with Crippen molar-refractivity contribution in [3.05, 3.63) is 68.8 Å². The molecule has 1 aromatic carbocycles. The first-order chi connectivity index (χ1) is 23.6. The average molecular weight is 796 g/mol. The third-order valence-electron chi connectivity index (χ3n) is 7.88. The van der Waals surface area contributed by atoms with Crippen LogP contribution < -0.4 is 16.0 Å². The van der Waals surface area contributed by atoms with Crippen LogP contribution in [-0.2, 0) is 37.5 Å². The number of carbonyl (C=O) groups excluding carboxylic acids is 4. The Labute approximate surface area is 307 Å². The third kappa shape index (κ3) is 13.1. The van der Waals surface area contributed by atoms with E-state index in [-0.39, 0.29) is 38.6 Å². The summed E-state index contributed by atoms with van der Waals surface area (Å²) >= 11 is 7.17. The van der Waals surface area contributed by atoms with Crippen LogP contribution in [-0.4, -0.2) is 102 Å². The number of aryl methyl sites for hydroxylation is 1. The Hall–Kier alpha value is -4.21. The standard InChI is InChI=1S/C24H30ClN7O4S.C7H8O3S.F2.FH.H2O/c1-31(2)24(36)13-4-6-15(27-20(33)21(34)30-19-7-5-14(25)11-26-19)17(10-13)28-22(35)23-29-16-8-9-32(3)12-18(16)37-23;1-6-2-4-7(5-3-6)11(8,9)10;1-2;;/h5,7,11,13,15,17H,4,6,8-10,12H2,1-3H3,(H,27,33)(H,28,35)(H,26,30,34);2-5H,1H3,(H,8,9,10);;1H;1H2/t13-,15-,17+;;;;/m0..../s1. The Morgan fingerprint density at radius 1 is 1.02 bits per heavy atom. The summed E-state index contributed by atoms with van der Waals surface area (Å²) in [4.78, 5) is 64.2. The van der Waals surface area contributed by atoms with Crippen LogP contribution >= 0.6 is 22.9 Å². The van der Waals surface area contributed by atoms with E-state index >= 15 is 0 Å². The van der Waals surface area contributed by atoms with Crippen molar-refractivity contribution >= 4 is 62.5 Å². The third-order valence-corrected chi connectivity index (χ3v) is 10.1. The first-order valence-corrected chi connectivity index (χ1v) is 17.8. The average Bonchev–Trinajstić information content (AvgIpc) is 3.50. The molecule has 1 fully saturated rings. The Balaban J connectivity index is 0.000000768. The predicted molar refractivity (Wildman–Crippen MR) is 189 cm³/mol. The van der Waals surface area contributed by atoms with Gasteiger partial charge in [-0.05, 0) is 57.5 Å². The molecule has 0 spiro atoms. The van der Waals surface area contributed by atoms with Crippen LogP contribution in [0.3, 0.4) is 0 Å². The Kier molecular flexibility index (Phi) is 18.3. The van der Waals surface area contributed by atoms with Gasteiger partial charge in [0.25, 0.3) is 16.0 Å². The molecule has 2 aromatic heterocycles. The van der Waals surface area contributed by atoms with E-state index in [9.17, 15) is 27.6 Å². The molecular weight excluding hydrogens is 755 g/mol. The minimum absolute atomic E-state index is 0. The highest BCUT2D eigenvalue weighted by Crippen LogP contribution is 2.28. The van der Waals surface area contributed by atoms with E-state index < -0.39 is 34.0 Å². The predicted octanol–water partition coefficient (Wildman–Crippen LogP) is 2.70. The minimum Gasteiger partial charge on any atom is -0.412 e. The van der Waals surface area contributed by atoms with Crippen molar-refractivity contribution in [1.29, 1.82) is 0 Å². The van der Waals surface area contributed by atoms with Gasteiger partial charge in [0, 0.05) is 65.8 Å². The number of rotatable bonds is 6. The lowest BCUT2D eigenvalue weighted by molar-refractivity contribution is -0.137. The Morgan fingerprint density at radius 2 is 1.67 bits per heavy atom. The van der Waals surface area contributed by atoms with E-state index in [0.29, 0.717) is 29.3 Å². The number of fused-ring (bicyclic) bond motifs is 1. The largest absolute Gasteiger partial charge is 0.412 e. The van der Waals surface area contributed by atoms with E-state index in [1.165, 1.54) is 40.6 Å². The van der Waals surface area contributed by atoms with Gasteiger partial charge >= 0.3 is 11.8 Å². The van der Waals surface area contributed by atoms with Gasteiger partial charge in [0.2, 0.25) is 5.91 Å². The Bertz CT molecular complexity index is 1770. The zero-order valence-electron chi connectivity index (χ0n) is 28.6. The maximum absolute atomic E-state index is 13.2. The van der Waals surface area contributed by atoms with Crippen LogP contribution in [0.4, 0.5) is 19.7 Å². The summed E-state index contributed by atoms with van der Waals surface area (Å²) in [6.45, 7) is 3.48. The number of nitrogens with zero attached hydrogens (tertiary/aromatic N) is 4. The molecule has 0 bridgehead atoms. The smallest absolute Gasteiger partial charge is 0.314 e. The second-order valence-corrected chi connectivity index (χ2v) is 14.8. The molecule has 3 heterocycles. The molecule has 288 valence electrons. The van der Waals surface area contributed by atoms with E-state index in [4.69, 9.17) is 25.3 Å². The van der Waals surface area contributed by atoms with Gasteiger partial charge in [-0.15, -0.1) is 11.3 Å². The molecule has 21 heteroatoms. The zero-order chi connectivity index (χ0) is 37.2. The number of hydrogen-bond donors (Lipinski definition) is 4. The SMILES string of the molecule is CN1CCc2nc(C(=O)N[C@@H]3C[C@@H](C(=O)N(C)C)CC[C@@H]3NC(=O)C(=O)Nc3ccc(Cl)cn3)sc2C1.Cc1ccc(S(=O)(=O)O)cc1.F.FF.O. The molecular formula is C31H41ClF3N7O8S2. The lowest BCUT2D eigenvalue weighted by Gasteiger charge is -2.37. The zero-order valence-corrected chi connectivity index (χ0v) is 30.9. The topological polar surface area (TPSA) is 222 Å². The molecule has 1 aliphatic carbocycles. The lowest BCUT2D eigenvalue weighted by atomic mass is 9.81. The highest BCUT2D eigenvalue weighted by Gasteiger charge is 2.37. The number of pyridine rings is 1. The van der Waals surface area contributed by atoms with Crippen molar-refractivity contribution < 1.29 is 51.5 Å². The van der Waals surface area contributed by atoms with Crippen LogP contribution in [0.2, 0.25) is 5.02 Å². The van der Waals surface area contributed by atoms with Crippen molar-refractivity contribution in [3.8, 4) is 0 Å². The fourth-order valence-corrected chi connectivity index (χ4v) is 6.99. The molecule has 52 heavy (non-hydrogen) atoms. The highest BCUT2D eigenvalue weighted by atomic mass is 35.5. The first-order valence-electron chi connectivity index (χ1n) is 15.2. The van der Waals surface area contributed by atoms with Gasteiger partial charge < -0.3 is 31.2 Å². The number of nitrogens with one attached hydrogen (secondary N) is 3. The van der Waals surface area contributed by atoms with Gasteiger partial charge in [0.1, 0.15) is 5.82 Å². The fraction of sp³-hybridized carbons (Fsp3) is 0.419. The van der Waals surface area contributed by atoms with Gasteiger partial charge in [0.05, 0.1) is 21.7 Å². The molecule has 5 rings (SSSR count). The number of likely N-dealkylation sites (N-methyl/N-ethyl adjacent to an activating group) is 1. The van der Waals surface area contributed by atoms with Crippen LogP contribution in [0.1, 0.15) is 45.2 Å². The summed E-state index contributed by atoms with van der Waals surface area (Å²) in [6, 6.07) is 7.93. The summed E-state index contributed by atoms with van der Waals surface area (Å²) in [5, 5.41) is 8.91. The summed E-state index contributed by atoms with van der Waals surface area (Å²) in [7, 11) is 1.39. The number of benzene rings is 1. The fourth-order valence-electron chi connectivity index (χ4n) is 5.31. The molecule has 6 N–H and O–H groups in total. The quantitative estimate of drug-likeness (QED) is 0.211. The van der Waals surface area contributed by atoms with Crippen LogP contribution in [0.15, 0.2) is 47.5 Å². The molecule has 1 aliphatic heterocycles. The summed E-state index contributed by atoms with van der Waals surface area (Å²) in [5.41, 5.74) is 1.90. The van der Waals surface area contributed by atoms with E-state index in [1.54, 1.807) is 32.3 Å². The first kappa shape index (κ1) is 45.8. The number of carbonyl (C=O) groups is 4. The van der Waals surface area contributed by atoms with E-state index in [0.717, 1.165) is 35.6 Å². The van der Waals surface area contributed by atoms with Crippen molar-refractivity contribution in [1.82, 2.24) is 30.4 Å². The van der Waals surface area contributed by atoms with E-state index in [2.05, 4.69) is 30.8 Å². The number of thiazole rings is 1. The van der Waals surface area contributed by atoms with Crippen molar-refractivity contribution in [2.45, 2.75) is 56.1 Å². The number of aromatic nitrogens is 2. The second kappa shape index (κ2) is 20.7. The monoisotopic (exact) mass is 795 g/mol. The molecule has 2 aliphatic rings. The van der Waals surface area contributed by atoms with Crippen molar-refractivity contribution in [3.63, 3.8) is 0 Å². The lowest BCUT2D eigenvalue weighted by Crippen LogP contribution is -2.57. The molecule has 1 saturated carbocycles. The van der Waals surface area contributed by atoms with Crippen molar-refractivity contribution in [2.24, 2.45) is 5.92 Å². The maximum Gasteiger partial charge on any atom is 0.314 e. The van der Waals surface area contributed by atoms with Crippen LogP contribution in [0, 0.1) is 12.8 Å². The molecule has 0 radical (unpaired) electrons. The summed E-state index contributed by atoms with van der Waals surface area (Å²) in [5.74, 6) is -2.25. The molecule has 4 amide bonds. The molecule has 3 aromatic rings. The van der Waals surface area contributed by atoms with Gasteiger partial charge in [-0.3, -0.25) is 28.4 Å². The Morgan fingerprint density at radius 3 is 2.25 bits per heavy atom. The van der Waals surface area contributed by atoms with Crippen LogP contribution in [0.25, 0.3) is 0 Å².